The minimum absolute atomic E-state index is 0.0812. The Balaban J connectivity index is 2.10. The first kappa shape index (κ1) is 13.1. The van der Waals surface area contributed by atoms with E-state index in [1.165, 1.54) is 18.0 Å². The zero-order valence-electron chi connectivity index (χ0n) is 9.96. The van der Waals surface area contributed by atoms with Gasteiger partial charge in [-0.15, -0.1) is 0 Å². The van der Waals surface area contributed by atoms with E-state index in [-0.39, 0.29) is 5.91 Å². The lowest BCUT2D eigenvalue weighted by Gasteiger charge is -2.14. The topological polar surface area (TPSA) is 29.5 Å². The molecular formula is C13H13NO2S2. The van der Waals surface area contributed by atoms with Gasteiger partial charge in [0.1, 0.15) is 15.5 Å². The van der Waals surface area contributed by atoms with E-state index in [4.69, 9.17) is 17.0 Å². The van der Waals surface area contributed by atoms with Crippen LogP contribution in [0.15, 0.2) is 41.5 Å². The molecule has 3 nitrogen and oxygen atoms in total. The molecule has 0 atom stereocenters. The van der Waals surface area contributed by atoms with Crippen molar-refractivity contribution < 1.29 is 9.53 Å². The van der Waals surface area contributed by atoms with Crippen molar-refractivity contribution in [3.05, 3.63) is 47.1 Å². The Morgan fingerprint density at radius 2 is 2.11 bits per heavy atom. The van der Waals surface area contributed by atoms with Crippen molar-refractivity contribution >= 4 is 34.2 Å². The number of thioether (sulfide) groups is 1. The molecule has 0 radical (unpaired) electrons. The lowest BCUT2D eigenvalue weighted by atomic mass is 10.2. The van der Waals surface area contributed by atoms with Gasteiger partial charge in [-0.25, -0.2) is 0 Å². The molecule has 0 aromatic heterocycles. The Morgan fingerprint density at radius 1 is 1.39 bits per heavy atom. The Bertz CT molecular complexity index is 485. The first-order valence-electron chi connectivity index (χ1n) is 5.61. The summed E-state index contributed by atoms with van der Waals surface area (Å²) in [6, 6.07) is 9.80. The zero-order chi connectivity index (χ0) is 13.0. The van der Waals surface area contributed by atoms with Crippen LogP contribution in [0.3, 0.4) is 0 Å². The number of benzene rings is 1. The molecule has 0 spiro atoms. The second kappa shape index (κ2) is 6.02. The maximum atomic E-state index is 12.1. The molecule has 0 bridgehead atoms. The van der Waals surface area contributed by atoms with Gasteiger partial charge in [0.15, 0.2) is 0 Å². The van der Waals surface area contributed by atoms with Crippen molar-refractivity contribution in [1.82, 2.24) is 4.90 Å². The Hall–Kier alpha value is -1.33. The molecular weight excluding hydrogens is 266 g/mol. The summed E-state index contributed by atoms with van der Waals surface area (Å²) in [6.45, 7) is 2.93. The highest BCUT2D eigenvalue weighted by Gasteiger charge is 2.32. The van der Waals surface area contributed by atoms with Crippen LogP contribution in [0.5, 0.6) is 0 Å². The van der Waals surface area contributed by atoms with Gasteiger partial charge >= 0.3 is 0 Å². The minimum Gasteiger partial charge on any atom is -0.500 e. The summed E-state index contributed by atoms with van der Waals surface area (Å²) in [7, 11) is 0. The average molecular weight is 279 g/mol. The SMILES string of the molecule is CCOC=C1SC(=S)N(Cc2ccccc2)C1=O. The number of hydrogen-bond acceptors (Lipinski definition) is 4. The molecule has 1 aliphatic rings. The Kier molecular flexibility index (Phi) is 4.38. The summed E-state index contributed by atoms with van der Waals surface area (Å²) in [4.78, 5) is 14.2. The van der Waals surface area contributed by atoms with Gasteiger partial charge < -0.3 is 4.74 Å². The Morgan fingerprint density at radius 3 is 2.78 bits per heavy atom. The first-order valence-corrected chi connectivity index (χ1v) is 6.84. The molecule has 0 aliphatic carbocycles. The molecule has 0 N–H and O–H groups in total. The molecule has 0 unspecified atom stereocenters. The van der Waals surface area contributed by atoms with Crippen molar-refractivity contribution in [3.8, 4) is 0 Å². The molecule has 5 heteroatoms. The fourth-order valence-electron chi connectivity index (χ4n) is 1.54. The van der Waals surface area contributed by atoms with Crippen LogP contribution in [0.2, 0.25) is 0 Å². The minimum atomic E-state index is -0.0812. The van der Waals surface area contributed by atoms with Crippen molar-refractivity contribution in [2.75, 3.05) is 6.61 Å². The summed E-state index contributed by atoms with van der Waals surface area (Å²) < 4.78 is 5.72. The second-order valence-corrected chi connectivity index (χ2v) is 5.36. The van der Waals surface area contributed by atoms with Crippen molar-refractivity contribution in [2.24, 2.45) is 0 Å². The van der Waals surface area contributed by atoms with Gasteiger partial charge in [0, 0.05) is 0 Å². The zero-order valence-corrected chi connectivity index (χ0v) is 11.6. The summed E-state index contributed by atoms with van der Waals surface area (Å²) in [5, 5.41) is 0. The van der Waals surface area contributed by atoms with Crippen LogP contribution in [-0.2, 0) is 16.1 Å². The highest BCUT2D eigenvalue weighted by Crippen LogP contribution is 2.31. The number of rotatable bonds is 4. The van der Waals surface area contributed by atoms with E-state index in [1.54, 1.807) is 4.90 Å². The summed E-state index contributed by atoms with van der Waals surface area (Å²) >= 11 is 6.50. The number of thiocarbonyl (C=S) groups is 1. The third kappa shape index (κ3) is 2.91. The van der Waals surface area contributed by atoms with Crippen LogP contribution >= 0.6 is 24.0 Å². The van der Waals surface area contributed by atoms with Gasteiger partial charge in [0.05, 0.1) is 13.2 Å². The summed E-state index contributed by atoms with van der Waals surface area (Å²) in [5.74, 6) is -0.0812. The van der Waals surface area contributed by atoms with Crippen LogP contribution in [0.1, 0.15) is 12.5 Å². The fraction of sp³-hybridized carbons (Fsp3) is 0.231. The van der Waals surface area contributed by atoms with Crippen LogP contribution in [0.25, 0.3) is 0 Å². The molecule has 1 amide bonds. The van der Waals surface area contributed by atoms with Gasteiger partial charge in [-0.05, 0) is 12.5 Å². The summed E-state index contributed by atoms with van der Waals surface area (Å²) in [5.41, 5.74) is 1.06. The number of nitrogens with zero attached hydrogens (tertiary/aromatic N) is 1. The monoisotopic (exact) mass is 279 g/mol. The standard InChI is InChI=1S/C13H13NO2S2/c1-2-16-9-11-12(15)14(13(17)18-11)8-10-6-4-3-5-7-10/h3-7,9H,2,8H2,1H3. The summed E-state index contributed by atoms with van der Waals surface area (Å²) in [6.07, 6.45) is 1.49. The maximum absolute atomic E-state index is 12.1. The maximum Gasteiger partial charge on any atom is 0.269 e. The van der Waals surface area contributed by atoms with Crippen molar-refractivity contribution in [1.29, 1.82) is 0 Å². The third-order valence-corrected chi connectivity index (χ3v) is 3.77. The van der Waals surface area contributed by atoms with E-state index in [9.17, 15) is 4.79 Å². The van der Waals surface area contributed by atoms with E-state index in [0.29, 0.717) is 22.4 Å². The van der Waals surface area contributed by atoms with Crippen LogP contribution in [0, 0.1) is 0 Å². The predicted molar refractivity (Wildman–Crippen MR) is 76.9 cm³/mol. The normalized spacial score (nSPS) is 17.6. The van der Waals surface area contributed by atoms with E-state index in [1.807, 2.05) is 37.3 Å². The Labute approximate surface area is 116 Å². The number of hydrogen-bond donors (Lipinski definition) is 0. The molecule has 1 heterocycles. The number of amides is 1. The molecule has 1 saturated heterocycles. The lowest BCUT2D eigenvalue weighted by molar-refractivity contribution is -0.122. The van der Waals surface area contributed by atoms with E-state index < -0.39 is 0 Å². The number of carbonyl (C=O) groups excluding carboxylic acids is 1. The fourth-order valence-corrected chi connectivity index (χ4v) is 2.72. The molecule has 1 aromatic rings. The highest BCUT2D eigenvalue weighted by molar-refractivity contribution is 8.26. The number of ether oxygens (including phenoxy) is 1. The van der Waals surface area contributed by atoms with Gasteiger partial charge in [-0.3, -0.25) is 9.69 Å². The predicted octanol–water partition coefficient (Wildman–Crippen LogP) is 2.92. The molecule has 1 aromatic carbocycles. The smallest absolute Gasteiger partial charge is 0.269 e. The number of carbonyl (C=O) groups is 1. The lowest BCUT2D eigenvalue weighted by Crippen LogP contribution is -2.27. The third-order valence-electron chi connectivity index (χ3n) is 2.41. The van der Waals surface area contributed by atoms with E-state index >= 15 is 0 Å². The van der Waals surface area contributed by atoms with E-state index in [0.717, 1.165) is 5.56 Å². The van der Waals surface area contributed by atoms with E-state index in [2.05, 4.69) is 0 Å². The highest BCUT2D eigenvalue weighted by atomic mass is 32.2. The molecule has 1 aliphatic heterocycles. The van der Waals surface area contributed by atoms with Gasteiger partial charge in [-0.1, -0.05) is 54.3 Å². The van der Waals surface area contributed by atoms with Crippen LogP contribution < -0.4 is 0 Å². The second-order valence-electron chi connectivity index (χ2n) is 3.68. The first-order chi connectivity index (χ1) is 8.72. The quantitative estimate of drug-likeness (QED) is 0.481. The molecule has 1 fully saturated rings. The molecule has 0 saturated carbocycles. The van der Waals surface area contributed by atoms with Gasteiger partial charge in [0.25, 0.3) is 5.91 Å². The molecule has 2 rings (SSSR count). The van der Waals surface area contributed by atoms with Crippen molar-refractivity contribution in [3.63, 3.8) is 0 Å². The van der Waals surface area contributed by atoms with Crippen molar-refractivity contribution in [2.45, 2.75) is 13.5 Å². The molecule has 94 valence electrons. The van der Waals surface area contributed by atoms with Crippen LogP contribution in [-0.4, -0.2) is 21.7 Å². The average Bonchev–Trinajstić information content (AvgIpc) is 2.65. The molecule has 18 heavy (non-hydrogen) atoms. The largest absolute Gasteiger partial charge is 0.500 e. The van der Waals surface area contributed by atoms with Gasteiger partial charge in [-0.2, -0.15) is 0 Å². The van der Waals surface area contributed by atoms with Gasteiger partial charge in [0.2, 0.25) is 0 Å². The van der Waals surface area contributed by atoms with Crippen LogP contribution in [0.4, 0.5) is 0 Å².